The lowest BCUT2D eigenvalue weighted by Gasteiger charge is -2.30. The Balaban J connectivity index is 1.45. The first-order chi connectivity index (χ1) is 17.9. The third-order valence-electron chi connectivity index (χ3n) is 7.70. The highest BCUT2D eigenvalue weighted by molar-refractivity contribution is 5.85. The minimum absolute atomic E-state index is 0.0806. The SMILES string of the molecule is COc1cccc(-c2nc(COC3CCCC(C(=O)N[C@@H](C(=O)O)C(C)C)C3)c(C3CCCCC3)o2)c1. The van der Waals surface area contributed by atoms with Gasteiger partial charge in [0.25, 0.3) is 0 Å². The van der Waals surface area contributed by atoms with Crippen LogP contribution in [-0.2, 0) is 20.9 Å². The molecule has 1 aromatic carbocycles. The second-order valence-corrected chi connectivity index (χ2v) is 10.8. The third-order valence-corrected chi connectivity index (χ3v) is 7.70. The van der Waals surface area contributed by atoms with Crippen LogP contribution in [0.2, 0.25) is 0 Å². The van der Waals surface area contributed by atoms with E-state index in [9.17, 15) is 14.7 Å². The lowest BCUT2D eigenvalue weighted by atomic mass is 9.86. The monoisotopic (exact) mass is 512 g/mol. The fourth-order valence-corrected chi connectivity index (χ4v) is 5.55. The molecule has 2 aromatic rings. The van der Waals surface area contributed by atoms with Gasteiger partial charge in [-0.25, -0.2) is 9.78 Å². The smallest absolute Gasteiger partial charge is 0.326 e. The molecule has 2 unspecified atom stereocenters. The fraction of sp³-hybridized carbons (Fsp3) is 0.621. The van der Waals surface area contributed by atoms with Crippen molar-refractivity contribution in [2.75, 3.05) is 7.11 Å². The van der Waals surface area contributed by atoms with Crippen molar-refractivity contribution in [3.8, 4) is 17.2 Å². The number of rotatable bonds is 10. The van der Waals surface area contributed by atoms with E-state index in [1.54, 1.807) is 21.0 Å². The number of ether oxygens (including phenoxy) is 2. The Hall–Kier alpha value is -2.87. The topological polar surface area (TPSA) is 111 Å². The van der Waals surface area contributed by atoms with E-state index in [0.29, 0.717) is 24.8 Å². The molecule has 0 radical (unpaired) electrons. The van der Waals surface area contributed by atoms with Crippen LogP contribution in [0.3, 0.4) is 0 Å². The molecule has 8 heteroatoms. The molecule has 1 amide bonds. The van der Waals surface area contributed by atoms with Crippen LogP contribution in [0.4, 0.5) is 0 Å². The first-order valence-corrected chi connectivity index (χ1v) is 13.6. The summed E-state index contributed by atoms with van der Waals surface area (Å²) in [6, 6.07) is 6.84. The summed E-state index contributed by atoms with van der Waals surface area (Å²) in [7, 11) is 1.64. The van der Waals surface area contributed by atoms with Crippen LogP contribution in [0.15, 0.2) is 28.7 Å². The predicted octanol–water partition coefficient (Wildman–Crippen LogP) is 5.70. The first-order valence-electron chi connectivity index (χ1n) is 13.6. The molecule has 0 spiro atoms. The molecule has 2 aliphatic carbocycles. The standard InChI is InChI=1S/C29H40N2O6/c1-18(2)25(29(33)34)31-27(32)20-11-7-14-23(15-20)36-17-24-26(19-9-5-4-6-10-19)37-28(30-24)21-12-8-13-22(16-21)35-3/h8,12-13,16,18-20,23,25H,4-7,9-11,14-15,17H2,1-3H3,(H,31,32)(H,33,34)/t20?,23?,25-/m1/s1. The zero-order valence-electron chi connectivity index (χ0n) is 22.2. The molecule has 37 heavy (non-hydrogen) atoms. The van der Waals surface area contributed by atoms with Crippen LogP contribution in [0.1, 0.15) is 89.0 Å². The number of aromatic nitrogens is 1. The highest BCUT2D eigenvalue weighted by Crippen LogP contribution is 2.38. The van der Waals surface area contributed by atoms with Gasteiger partial charge in [-0.1, -0.05) is 45.6 Å². The number of methoxy groups -OCH3 is 1. The predicted molar refractivity (Wildman–Crippen MR) is 139 cm³/mol. The second kappa shape index (κ2) is 12.6. The summed E-state index contributed by atoms with van der Waals surface area (Å²) in [5.41, 5.74) is 1.71. The van der Waals surface area contributed by atoms with Gasteiger partial charge in [-0.15, -0.1) is 0 Å². The van der Waals surface area contributed by atoms with E-state index in [0.717, 1.165) is 54.9 Å². The number of nitrogens with one attached hydrogen (secondary N) is 1. The molecule has 2 fully saturated rings. The number of benzene rings is 1. The maximum atomic E-state index is 12.8. The highest BCUT2D eigenvalue weighted by atomic mass is 16.5. The Morgan fingerprint density at radius 3 is 2.62 bits per heavy atom. The van der Waals surface area contributed by atoms with Crippen molar-refractivity contribution in [3.63, 3.8) is 0 Å². The molecule has 4 rings (SSSR count). The zero-order chi connectivity index (χ0) is 26.4. The van der Waals surface area contributed by atoms with Crippen LogP contribution in [-0.4, -0.2) is 41.2 Å². The van der Waals surface area contributed by atoms with Crippen molar-refractivity contribution < 1.29 is 28.6 Å². The number of nitrogens with zero attached hydrogens (tertiary/aromatic N) is 1. The summed E-state index contributed by atoms with van der Waals surface area (Å²) in [5, 5.41) is 12.2. The van der Waals surface area contributed by atoms with Gasteiger partial charge < -0.3 is 24.3 Å². The summed E-state index contributed by atoms with van der Waals surface area (Å²) < 4.78 is 18.1. The molecule has 2 N–H and O–H groups in total. The maximum Gasteiger partial charge on any atom is 0.326 e. The molecule has 0 bridgehead atoms. The molecule has 1 heterocycles. The van der Waals surface area contributed by atoms with Crippen molar-refractivity contribution in [2.24, 2.45) is 11.8 Å². The molecule has 202 valence electrons. The Kier molecular flexibility index (Phi) is 9.24. The summed E-state index contributed by atoms with van der Waals surface area (Å²) in [4.78, 5) is 29.2. The van der Waals surface area contributed by atoms with Gasteiger partial charge >= 0.3 is 5.97 Å². The average Bonchev–Trinajstić information content (AvgIpc) is 3.35. The van der Waals surface area contributed by atoms with Gasteiger partial charge in [-0.3, -0.25) is 4.79 Å². The van der Waals surface area contributed by atoms with E-state index in [-0.39, 0.29) is 23.8 Å². The van der Waals surface area contributed by atoms with E-state index in [2.05, 4.69) is 5.32 Å². The number of hydrogen-bond acceptors (Lipinski definition) is 6. The summed E-state index contributed by atoms with van der Waals surface area (Å²) in [6.07, 6.45) is 8.79. The molecule has 0 aliphatic heterocycles. The second-order valence-electron chi connectivity index (χ2n) is 10.8. The fourth-order valence-electron chi connectivity index (χ4n) is 5.55. The summed E-state index contributed by atoms with van der Waals surface area (Å²) in [5.74, 6) is 0.966. The first kappa shape index (κ1) is 27.2. The normalized spacial score (nSPS) is 21.5. The third kappa shape index (κ3) is 6.92. The van der Waals surface area contributed by atoms with Gasteiger partial charge in [0, 0.05) is 17.4 Å². The Bertz CT molecular complexity index is 1060. The lowest BCUT2D eigenvalue weighted by molar-refractivity contribution is -0.144. The number of carboxylic acid groups (broad SMARTS) is 1. The van der Waals surface area contributed by atoms with E-state index in [1.165, 1.54) is 19.3 Å². The van der Waals surface area contributed by atoms with Crippen molar-refractivity contribution in [3.05, 3.63) is 35.7 Å². The molecule has 3 atom stereocenters. The van der Waals surface area contributed by atoms with Crippen LogP contribution in [0.25, 0.3) is 11.5 Å². The summed E-state index contributed by atoms with van der Waals surface area (Å²) >= 11 is 0. The molecule has 2 aliphatic rings. The molecule has 2 saturated carbocycles. The Morgan fingerprint density at radius 2 is 1.92 bits per heavy atom. The van der Waals surface area contributed by atoms with Crippen molar-refractivity contribution >= 4 is 11.9 Å². The maximum absolute atomic E-state index is 12.8. The molecular weight excluding hydrogens is 472 g/mol. The minimum Gasteiger partial charge on any atom is -0.497 e. The Morgan fingerprint density at radius 1 is 1.14 bits per heavy atom. The van der Waals surface area contributed by atoms with Gasteiger partial charge in [0.2, 0.25) is 11.8 Å². The van der Waals surface area contributed by atoms with Gasteiger partial charge in [-0.05, 0) is 56.2 Å². The van der Waals surface area contributed by atoms with Crippen LogP contribution in [0, 0.1) is 11.8 Å². The highest BCUT2D eigenvalue weighted by Gasteiger charge is 2.32. The van der Waals surface area contributed by atoms with E-state index < -0.39 is 12.0 Å². The van der Waals surface area contributed by atoms with E-state index >= 15 is 0 Å². The molecule has 0 saturated heterocycles. The average molecular weight is 513 g/mol. The van der Waals surface area contributed by atoms with Crippen LogP contribution < -0.4 is 10.1 Å². The summed E-state index contributed by atoms with van der Waals surface area (Å²) in [6.45, 7) is 3.93. The number of aliphatic carboxylic acids is 1. The minimum atomic E-state index is -1.000. The van der Waals surface area contributed by atoms with Crippen LogP contribution in [0.5, 0.6) is 5.75 Å². The van der Waals surface area contributed by atoms with Crippen molar-refractivity contribution in [1.82, 2.24) is 10.3 Å². The largest absolute Gasteiger partial charge is 0.497 e. The van der Waals surface area contributed by atoms with Gasteiger partial charge in [-0.2, -0.15) is 0 Å². The van der Waals surface area contributed by atoms with E-state index in [4.69, 9.17) is 18.9 Å². The van der Waals surface area contributed by atoms with Gasteiger partial charge in [0.15, 0.2) is 0 Å². The van der Waals surface area contributed by atoms with Crippen molar-refractivity contribution in [2.45, 2.75) is 96.3 Å². The zero-order valence-corrected chi connectivity index (χ0v) is 22.2. The number of amides is 1. The van der Waals surface area contributed by atoms with Gasteiger partial charge in [0.1, 0.15) is 23.2 Å². The van der Waals surface area contributed by atoms with Gasteiger partial charge in [0.05, 0.1) is 19.8 Å². The Labute approximate surface area is 219 Å². The number of hydrogen-bond donors (Lipinski definition) is 2. The van der Waals surface area contributed by atoms with Crippen molar-refractivity contribution in [1.29, 1.82) is 0 Å². The quantitative estimate of drug-likeness (QED) is 0.420. The molecule has 1 aromatic heterocycles. The molecule has 8 nitrogen and oxygen atoms in total. The number of oxazole rings is 1. The lowest BCUT2D eigenvalue weighted by Crippen LogP contribution is -2.47. The number of carbonyl (C=O) groups is 2. The number of carbonyl (C=O) groups excluding carboxylic acids is 1. The van der Waals surface area contributed by atoms with E-state index in [1.807, 2.05) is 24.3 Å². The van der Waals surface area contributed by atoms with Crippen LogP contribution >= 0.6 is 0 Å². The number of carboxylic acids is 1. The molecular formula is C29H40N2O6.